The zero-order valence-corrected chi connectivity index (χ0v) is 12.7. The van der Waals surface area contributed by atoms with Gasteiger partial charge in [0.05, 0.1) is 21.6 Å². The van der Waals surface area contributed by atoms with Crippen LogP contribution in [0.3, 0.4) is 0 Å². The van der Waals surface area contributed by atoms with E-state index in [0.717, 1.165) is 0 Å². The third-order valence-electron chi connectivity index (χ3n) is 3.39. The van der Waals surface area contributed by atoms with Crippen LogP contribution in [-0.2, 0) is 4.74 Å². The maximum atomic E-state index is 10.8. The van der Waals surface area contributed by atoms with Gasteiger partial charge in [-0.2, -0.15) is 0 Å². The fourth-order valence-electron chi connectivity index (χ4n) is 2.54. The van der Waals surface area contributed by atoms with Crippen LogP contribution >= 0.6 is 11.6 Å². The minimum atomic E-state index is -0.475. The number of halogens is 1. The molecule has 1 saturated heterocycles. The Balaban J connectivity index is 2.26. The molecular formula is C14H18ClNO4. The van der Waals surface area contributed by atoms with Gasteiger partial charge in [0.25, 0.3) is 5.69 Å². The van der Waals surface area contributed by atoms with Gasteiger partial charge >= 0.3 is 0 Å². The van der Waals surface area contributed by atoms with Crippen LogP contribution in [0.15, 0.2) is 18.2 Å². The van der Waals surface area contributed by atoms with Gasteiger partial charge in [0.15, 0.2) is 0 Å². The van der Waals surface area contributed by atoms with Crippen molar-refractivity contribution >= 4 is 17.3 Å². The molecule has 0 spiro atoms. The van der Waals surface area contributed by atoms with Gasteiger partial charge < -0.3 is 9.47 Å². The lowest BCUT2D eigenvalue weighted by Gasteiger charge is -2.27. The quantitative estimate of drug-likeness (QED) is 0.626. The summed E-state index contributed by atoms with van der Waals surface area (Å²) in [6.45, 7) is 7.87. The number of benzene rings is 1. The molecule has 1 heterocycles. The van der Waals surface area contributed by atoms with Crippen LogP contribution in [0.4, 0.5) is 5.69 Å². The summed E-state index contributed by atoms with van der Waals surface area (Å²) < 4.78 is 11.8. The molecule has 0 bridgehead atoms. The summed E-state index contributed by atoms with van der Waals surface area (Å²) in [7, 11) is 0. The first kappa shape index (κ1) is 15.1. The molecule has 1 aliphatic rings. The summed E-state index contributed by atoms with van der Waals surface area (Å²) in [5.74, 6) is 0.320. The molecule has 0 saturated carbocycles. The van der Waals surface area contributed by atoms with Gasteiger partial charge in [-0.05, 0) is 33.8 Å². The number of ether oxygens (including phenoxy) is 2. The van der Waals surface area contributed by atoms with Crippen molar-refractivity contribution in [1.29, 1.82) is 0 Å². The highest BCUT2D eigenvalue weighted by molar-refractivity contribution is 6.32. The van der Waals surface area contributed by atoms with Crippen molar-refractivity contribution < 1.29 is 14.4 Å². The van der Waals surface area contributed by atoms with Gasteiger partial charge in [-0.3, -0.25) is 10.1 Å². The molecule has 0 N–H and O–H groups in total. The van der Waals surface area contributed by atoms with Gasteiger partial charge in [-0.15, -0.1) is 0 Å². The Bertz CT molecular complexity index is 542. The lowest BCUT2D eigenvalue weighted by atomic mass is 9.97. The Kier molecular flexibility index (Phi) is 3.69. The Morgan fingerprint density at radius 3 is 2.55 bits per heavy atom. The fraction of sp³-hybridized carbons (Fsp3) is 0.571. The third kappa shape index (κ3) is 3.04. The van der Waals surface area contributed by atoms with E-state index < -0.39 is 10.5 Å². The van der Waals surface area contributed by atoms with Gasteiger partial charge in [0.2, 0.25) is 0 Å². The van der Waals surface area contributed by atoms with Gasteiger partial charge in [0, 0.05) is 12.5 Å². The molecule has 1 aromatic carbocycles. The number of non-ortho nitro benzene ring substituents is 1. The zero-order chi connectivity index (χ0) is 15.1. The van der Waals surface area contributed by atoms with E-state index in [4.69, 9.17) is 21.1 Å². The number of nitro benzene ring substituents is 1. The van der Waals surface area contributed by atoms with Crippen LogP contribution in [0, 0.1) is 10.1 Å². The smallest absolute Gasteiger partial charge is 0.273 e. The summed E-state index contributed by atoms with van der Waals surface area (Å²) in [6, 6.07) is 4.18. The molecular weight excluding hydrogens is 282 g/mol. The van der Waals surface area contributed by atoms with Crippen LogP contribution in [-0.4, -0.2) is 22.2 Å². The monoisotopic (exact) mass is 299 g/mol. The lowest BCUT2D eigenvalue weighted by molar-refractivity contribution is -0.385. The van der Waals surface area contributed by atoms with E-state index in [1.54, 1.807) is 0 Å². The highest BCUT2D eigenvalue weighted by atomic mass is 35.5. The Morgan fingerprint density at radius 1 is 1.40 bits per heavy atom. The molecule has 6 heteroatoms. The first-order valence-corrected chi connectivity index (χ1v) is 6.79. The molecule has 1 atom stereocenters. The van der Waals surface area contributed by atoms with E-state index in [1.807, 2.05) is 27.7 Å². The van der Waals surface area contributed by atoms with Crippen LogP contribution in [0.25, 0.3) is 0 Å². The largest absolute Gasteiger partial charge is 0.485 e. The summed E-state index contributed by atoms with van der Waals surface area (Å²) in [6.07, 6.45) is 0.482. The molecule has 1 fully saturated rings. The van der Waals surface area contributed by atoms with Crippen molar-refractivity contribution in [3.8, 4) is 5.75 Å². The topological polar surface area (TPSA) is 61.6 Å². The molecule has 1 aromatic rings. The maximum Gasteiger partial charge on any atom is 0.273 e. The van der Waals surface area contributed by atoms with Gasteiger partial charge in [-0.1, -0.05) is 11.6 Å². The van der Waals surface area contributed by atoms with Gasteiger partial charge in [0.1, 0.15) is 17.5 Å². The Labute approximate surface area is 123 Å². The van der Waals surface area contributed by atoms with Crippen LogP contribution in [0.1, 0.15) is 34.1 Å². The molecule has 2 rings (SSSR count). The number of rotatable bonds is 3. The van der Waals surface area contributed by atoms with E-state index in [2.05, 4.69) is 0 Å². The van der Waals surface area contributed by atoms with Crippen molar-refractivity contribution in [3.63, 3.8) is 0 Å². The highest BCUT2D eigenvalue weighted by Gasteiger charge is 2.47. The molecule has 1 aliphatic heterocycles. The summed E-state index contributed by atoms with van der Waals surface area (Å²) in [4.78, 5) is 10.3. The minimum absolute atomic E-state index is 0.0413. The molecule has 5 nitrogen and oxygen atoms in total. The fourth-order valence-corrected chi connectivity index (χ4v) is 2.71. The van der Waals surface area contributed by atoms with E-state index in [1.165, 1.54) is 18.2 Å². The zero-order valence-electron chi connectivity index (χ0n) is 12.0. The molecule has 20 heavy (non-hydrogen) atoms. The summed E-state index contributed by atoms with van der Waals surface area (Å²) in [5, 5.41) is 11.2. The Morgan fingerprint density at radius 2 is 2.05 bits per heavy atom. The predicted molar refractivity (Wildman–Crippen MR) is 76.4 cm³/mol. The number of hydrogen-bond donors (Lipinski definition) is 0. The first-order chi connectivity index (χ1) is 9.11. The second-order valence-electron chi connectivity index (χ2n) is 6.15. The maximum absolute atomic E-state index is 10.8. The van der Waals surface area contributed by atoms with Gasteiger partial charge in [-0.25, -0.2) is 0 Å². The van der Waals surface area contributed by atoms with Crippen molar-refractivity contribution in [2.24, 2.45) is 0 Å². The molecule has 0 radical (unpaired) electrons. The van der Waals surface area contributed by atoms with Crippen molar-refractivity contribution in [2.45, 2.75) is 51.4 Å². The summed E-state index contributed by atoms with van der Waals surface area (Å²) in [5.41, 5.74) is -0.806. The number of hydrogen-bond acceptors (Lipinski definition) is 4. The highest BCUT2D eigenvalue weighted by Crippen LogP contribution is 2.41. The standard InChI is InChI=1S/C14H18ClNO4/c1-13(2)8-12(14(3,4)20-13)19-11-7-9(16(17)18)5-6-10(11)15/h5-7,12H,8H2,1-4H3. The van der Waals surface area contributed by atoms with E-state index in [0.29, 0.717) is 17.2 Å². The number of nitro groups is 1. The first-order valence-electron chi connectivity index (χ1n) is 6.41. The van der Waals surface area contributed by atoms with Crippen molar-refractivity contribution in [1.82, 2.24) is 0 Å². The molecule has 0 aromatic heterocycles. The SMILES string of the molecule is CC1(C)CC(Oc2cc([N+](=O)[O-])ccc2Cl)C(C)(C)O1. The third-order valence-corrected chi connectivity index (χ3v) is 3.70. The van der Waals surface area contributed by atoms with Crippen LogP contribution in [0.2, 0.25) is 5.02 Å². The molecule has 1 unspecified atom stereocenters. The van der Waals surface area contributed by atoms with Crippen molar-refractivity contribution in [2.75, 3.05) is 0 Å². The Hall–Kier alpha value is -1.33. The van der Waals surface area contributed by atoms with Crippen molar-refractivity contribution in [3.05, 3.63) is 33.3 Å². The van der Waals surface area contributed by atoms with Crippen LogP contribution < -0.4 is 4.74 Å². The molecule has 0 amide bonds. The molecule has 110 valence electrons. The second kappa shape index (κ2) is 4.90. The average Bonchev–Trinajstić information content (AvgIpc) is 2.49. The summed E-state index contributed by atoms with van der Waals surface area (Å²) >= 11 is 6.06. The normalized spacial score (nSPS) is 23.6. The van der Waals surface area contributed by atoms with Crippen LogP contribution in [0.5, 0.6) is 5.75 Å². The lowest BCUT2D eigenvalue weighted by Crippen LogP contribution is -2.36. The molecule has 0 aliphatic carbocycles. The average molecular weight is 300 g/mol. The van der Waals surface area contributed by atoms with E-state index >= 15 is 0 Å². The number of nitrogens with zero attached hydrogens (tertiary/aromatic N) is 1. The van der Waals surface area contributed by atoms with E-state index in [-0.39, 0.29) is 17.4 Å². The van der Waals surface area contributed by atoms with E-state index in [9.17, 15) is 10.1 Å². The second-order valence-corrected chi connectivity index (χ2v) is 6.55. The predicted octanol–water partition coefficient (Wildman–Crippen LogP) is 3.97. The minimum Gasteiger partial charge on any atom is -0.485 e.